The van der Waals surface area contributed by atoms with E-state index in [0.29, 0.717) is 0 Å². The summed E-state index contributed by atoms with van der Waals surface area (Å²) < 4.78 is 0. The highest BCUT2D eigenvalue weighted by atomic mass is 15.1. The van der Waals surface area contributed by atoms with Gasteiger partial charge in [0.25, 0.3) is 0 Å². The molecular formula is C14H20N4. The van der Waals surface area contributed by atoms with Gasteiger partial charge in [-0.2, -0.15) is 5.10 Å². The normalized spacial score (nSPS) is 17.5. The number of H-pyrrole nitrogens is 1. The minimum atomic E-state index is 0.860. The van der Waals surface area contributed by atoms with Gasteiger partial charge in [-0.15, -0.1) is 0 Å². The van der Waals surface area contributed by atoms with Crippen molar-refractivity contribution in [3.05, 3.63) is 18.3 Å². The van der Waals surface area contributed by atoms with Crippen LogP contribution in [-0.4, -0.2) is 23.3 Å². The maximum absolute atomic E-state index is 6.16. The standard InChI is InChI=1S/C14H20N4/c1-2-10-3-5-18(6-4-10)14-8-13-11(7-12(14)15)9-16-17-13/h7-10H,2-6,15H2,1H3,(H,16,17). The van der Waals surface area contributed by atoms with E-state index in [1.807, 2.05) is 12.3 Å². The van der Waals surface area contributed by atoms with E-state index in [2.05, 4.69) is 28.1 Å². The molecule has 4 nitrogen and oxygen atoms in total. The van der Waals surface area contributed by atoms with Crippen LogP contribution in [-0.2, 0) is 0 Å². The second kappa shape index (κ2) is 4.52. The number of nitrogen functional groups attached to an aromatic ring is 1. The molecule has 2 aromatic rings. The molecule has 0 amide bonds. The molecule has 2 heterocycles. The van der Waals surface area contributed by atoms with Crippen LogP contribution < -0.4 is 10.6 Å². The van der Waals surface area contributed by atoms with Crippen molar-refractivity contribution in [3.63, 3.8) is 0 Å². The van der Waals surface area contributed by atoms with Gasteiger partial charge in [-0.25, -0.2) is 0 Å². The number of rotatable bonds is 2. The predicted molar refractivity (Wildman–Crippen MR) is 75.7 cm³/mol. The summed E-state index contributed by atoms with van der Waals surface area (Å²) in [4.78, 5) is 2.40. The summed E-state index contributed by atoms with van der Waals surface area (Å²) in [6.07, 6.45) is 5.66. The fraction of sp³-hybridized carbons (Fsp3) is 0.500. The number of anilines is 2. The fourth-order valence-electron chi connectivity index (χ4n) is 2.85. The topological polar surface area (TPSA) is 57.9 Å². The molecule has 4 heteroatoms. The first-order chi connectivity index (χ1) is 8.78. The molecule has 0 spiro atoms. The second-order valence-electron chi connectivity index (χ2n) is 5.21. The van der Waals surface area contributed by atoms with Crippen LogP contribution in [0.1, 0.15) is 26.2 Å². The number of aromatic amines is 1. The van der Waals surface area contributed by atoms with E-state index in [1.165, 1.54) is 19.3 Å². The highest BCUT2D eigenvalue weighted by molar-refractivity contribution is 5.88. The van der Waals surface area contributed by atoms with Crippen molar-refractivity contribution in [2.24, 2.45) is 5.92 Å². The quantitative estimate of drug-likeness (QED) is 0.799. The fourth-order valence-corrected chi connectivity index (χ4v) is 2.85. The Kier molecular flexibility index (Phi) is 2.86. The minimum absolute atomic E-state index is 0.860. The van der Waals surface area contributed by atoms with Crippen LogP contribution in [0.2, 0.25) is 0 Å². The van der Waals surface area contributed by atoms with Gasteiger partial charge in [-0.05, 0) is 30.9 Å². The maximum atomic E-state index is 6.16. The zero-order chi connectivity index (χ0) is 12.5. The Hall–Kier alpha value is -1.71. The summed E-state index contributed by atoms with van der Waals surface area (Å²) in [5.74, 6) is 0.887. The first-order valence-corrected chi connectivity index (χ1v) is 6.75. The van der Waals surface area contributed by atoms with E-state index in [-0.39, 0.29) is 0 Å². The van der Waals surface area contributed by atoms with Crippen molar-refractivity contribution >= 4 is 22.3 Å². The Morgan fingerprint density at radius 2 is 2.17 bits per heavy atom. The number of hydrogen-bond acceptors (Lipinski definition) is 3. The highest BCUT2D eigenvalue weighted by Gasteiger charge is 2.19. The Morgan fingerprint density at radius 3 is 2.89 bits per heavy atom. The lowest BCUT2D eigenvalue weighted by Gasteiger charge is -2.34. The first-order valence-electron chi connectivity index (χ1n) is 6.75. The molecule has 1 aliphatic rings. The van der Waals surface area contributed by atoms with Gasteiger partial charge in [0.05, 0.1) is 23.1 Å². The van der Waals surface area contributed by atoms with E-state index < -0.39 is 0 Å². The van der Waals surface area contributed by atoms with Crippen molar-refractivity contribution in [3.8, 4) is 0 Å². The molecule has 0 unspecified atom stereocenters. The Balaban J connectivity index is 1.87. The van der Waals surface area contributed by atoms with Crippen LogP contribution in [0.5, 0.6) is 0 Å². The summed E-state index contributed by atoms with van der Waals surface area (Å²) >= 11 is 0. The van der Waals surface area contributed by atoms with Gasteiger partial charge in [0.1, 0.15) is 0 Å². The molecule has 96 valence electrons. The number of aromatic nitrogens is 2. The van der Waals surface area contributed by atoms with Crippen LogP contribution >= 0.6 is 0 Å². The van der Waals surface area contributed by atoms with Crippen LogP contribution in [0.3, 0.4) is 0 Å². The van der Waals surface area contributed by atoms with Crippen LogP contribution in [0.15, 0.2) is 18.3 Å². The summed E-state index contributed by atoms with van der Waals surface area (Å²) in [6.45, 7) is 4.51. The summed E-state index contributed by atoms with van der Waals surface area (Å²) in [5, 5.41) is 8.15. The number of nitrogens with two attached hydrogens (primary N) is 1. The zero-order valence-corrected chi connectivity index (χ0v) is 10.8. The smallest absolute Gasteiger partial charge is 0.0672 e. The average molecular weight is 244 g/mol. The lowest BCUT2D eigenvalue weighted by Crippen LogP contribution is -2.33. The molecule has 3 rings (SSSR count). The molecule has 0 saturated carbocycles. The highest BCUT2D eigenvalue weighted by Crippen LogP contribution is 2.31. The number of hydrogen-bond donors (Lipinski definition) is 2. The molecule has 1 aromatic heterocycles. The summed E-state index contributed by atoms with van der Waals surface area (Å²) in [5.41, 5.74) is 9.24. The first kappa shape index (κ1) is 11.4. The van der Waals surface area contributed by atoms with Crippen molar-refractivity contribution in [2.45, 2.75) is 26.2 Å². The van der Waals surface area contributed by atoms with Gasteiger partial charge in [0.2, 0.25) is 0 Å². The maximum Gasteiger partial charge on any atom is 0.0672 e. The third kappa shape index (κ3) is 1.92. The van der Waals surface area contributed by atoms with Gasteiger partial charge >= 0.3 is 0 Å². The van der Waals surface area contributed by atoms with Crippen molar-refractivity contribution in [1.82, 2.24) is 10.2 Å². The number of nitrogens with one attached hydrogen (secondary N) is 1. The van der Waals surface area contributed by atoms with Gasteiger partial charge in [0, 0.05) is 18.5 Å². The van der Waals surface area contributed by atoms with Crippen LogP contribution in [0.4, 0.5) is 11.4 Å². The van der Waals surface area contributed by atoms with E-state index in [9.17, 15) is 0 Å². The van der Waals surface area contributed by atoms with Crippen molar-refractivity contribution in [2.75, 3.05) is 23.7 Å². The van der Waals surface area contributed by atoms with Gasteiger partial charge in [-0.3, -0.25) is 5.10 Å². The monoisotopic (exact) mass is 244 g/mol. The lowest BCUT2D eigenvalue weighted by molar-refractivity contribution is 0.395. The SMILES string of the molecule is CCC1CCN(c2cc3[nH]ncc3cc2N)CC1. The largest absolute Gasteiger partial charge is 0.397 e. The number of fused-ring (bicyclic) bond motifs is 1. The molecule has 1 saturated heterocycles. The van der Waals surface area contributed by atoms with Gasteiger partial charge in [-0.1, -0.05) is 13.3 Å². The Labute approximate surface area is 107 Å². The number of benzene rings is 1. The third-order valence-electron chi connectivity index (χ3n) is 4.12. The molecule has 0 bridgehead atoms. The van der Waals surface area contributed by atoms with E-state index in [4.69, 9.17) is 5.73 Å². The Bertz CT molecular complexity index is 538. The number of nitrogens with zero attached hydrogens (tertiary/aromatic N) is 2. The molecule has 3 N–H and O–H groups in total. The van der Waals surface area contributed by atoms with Crippen molar-refractivity contribution in [1.29, 1.82) is 0 Å². The molecule has 0 radical (unpaired) electrons. The van der Waals surface area contributed by atoms with Gasteiger partial charge < -0.3 is 10.6 Å². The summed E-state index contributed by atoms with van der Waals surface area (Å²) in [7, 11) is 0. The molecule has 1 aliphatic heterocycles. The van der Waals surface area contributed by atoms with E-state index in [1.54, 1.807) is 0 Å². The van der Waals surface area contributed by atoms with Crippen molar-refractivity contribution < 1.29 is 0 Å². The Morgan fingerprint density at radius 1 is 1.39 bits per heavy atom. The number of piperidine rings is 1. The van der Waals surface area contributed by atoms with E-state index >= 15 is 0 Å². The second-order valence-corrected chi connectivity index (χ2v) is 5.21. The molecule has 18 heavy (non-hydrogen) atoms. The van der Waals surface area contributed by atoms with Gasteiger partial charge in [0.15, 0.2) is 0 Å². The molecule has 1 fully saturated rings. The molecule has 0 atom stereocenters. The van der Waals surface area contributed by atoms with Crippen LogP contribution in [0.25, 0.3) is 10.9 Å². The molecule has 0 aliphatic carbocycles. The average Bonchev–Trinajstić information content (AvgIpc) is 2.85. The third-order valence-corrected chi connectivity index (χ3v) is 4.12. The minimum Gasteiger partial charge on any atom is -0.397 e. The molecular weight excluding hydrogens is 224 g/mol. The molecule has 1 aromatic carbocycles. The zero-order valence-electron chi connectivity index (χ0n) is 10.8. The van der Waals surface area contributed by atoms with Crippen LogP contribution in [0, 0.1) is 5.92 Å². The lowest BCUT2D eigenvalue weighted by atomic mass is 9.94. The summed E-state index contributed by atoms with van der Waals surface area (Å²) in [6, 6.07) is 4.14. The predicted octanol–water partition coefficient (Wildman–Crippen LogP) is 2.77. The van der Waals surface area contributed by atoms with E-state index in [0.717, 1.165) is 41.3 Å².